The number of para-hydroxylation sites is 2. The van der Waals surface area contributed by atoms with E-state index in [0.29, 0.717) is 0 Å². The van der Waals surface area contributed by atoms with Gasteiger partial charge in [-0.25, -0.2) is 0 Å². The summed E-state index contributed by atoms with van der Waals surface area (Å²) >= 11 is 0. The van der Waals surface area contributed by atoms with Crippen LogP contribution in [0.15, 0.2) is 48.5 Å². The SMILES string of the molecule is CC1(Cn2c3ccccc3c3ccccc32)CO1. The number of hydrogen-bond acceptors (Lipinski definition) is 1. The Morgan fingerprint density at radius 1 is 1.00 bits per heavy atom. The molecule has 0 N–H and O–H groups in total. The molecule has 0 bridgehead atoms. The van der Waals surface area contributed by atoms with Crippen molar-refractivity contribution in [1.82, 2.24) is 4.57 Å². The predicted octanol–water partition coefficient (Wildman–Crippen LogP) is 3.58. The van der Waals surface area contributed by atoms with Gasteiger partial charge in [0.25, 0.3) is 0 Å². The highest BCUT2D eigenvalue weighted by Crippen LogP contribution is 2.34. The number of hydrogen-bond donors (Lipinski definition) is 0. The van der Waals surface area contributed by atoms with Crippen molar-refractivity contribution in [2.45, 2.75) is 19.1 Å². The van der Waals surface area contributed by atoms with E-state index in [2.05, 4.69) is 60.0 Å². The second-order valence-electron chi connectivity index (χ2n) is 5.36. The molecule has 18 heavy (non-hydrogen) atoms. The van der Waals surface area contributed by atoms with E-state index in [1.54, 1.807) is 0 Å². The Labute approximate surface area is 106 Å². The van der Waals surface area contributed by atoms with Crippen LogP contribution in [-0.4, -0.2) is 16.8 Å². The Kier molecular flexibility index (Phi) is 1.90. The highest BCUT2D eigenvalue weighted by Gasteiger charge is 2.40. The Morgan fingerprint density at radius 2 is 1.50 bits per heavy atom. The summed E-state index contributed by atoms with van der Waals surface area (Å²) < 4.78 is 7.93. The van der Waals surface area contributed by atoms with Crippen LogP contribution in [0.1, 0.15) is 6.92 Å². The van der Waals surface area contributed by atoms with E-state index >= 15 is 0 Å². The average Bonchev–Trinajstić information content (AvgIpc) is 3.06. The van der Waals surface area contributed by atoms with E-state index in [1.807, 2.05) is 0 Å². The van der Waals surface area contributed by atoms with Gasteiger partial charge >= 0.3 is 0 Å². The minimum Gasteiger partial charge on any atom is -0.368 e. The molecule has 1 unspecified atom stereocenters. The Bertz CT molecular complexity index is 684. The number of nitrogens with zero attached hydrogens (tertiary/aromatic N) is 1. The Hall–Kier alpha value is -1.80. The lowest BCUT2D eigenvalue weighted by Crippen LogP contribution is -2.15. The van der Waals surface area contributed by atoms with E-state index in [9.17, 15) is 0 Å². The van der Waals surface area contributed by atoms with E-state index < -0.39 is 0 Å². The van der Waals surface area contributed by atoms with Crippen molar-refractivity contribution in [3.8, 4) is 0 Å². The van der Waals surface area contributed by atoms with Crippen LogP contribution >= 0.6 is 0 Å². The van der Waals surface area contributed by atoms with Gasteiger partial charge < -0.3 is 9.30 Å². The van der Waals surface area contributed by atoms with Gasteiger partial charge in [0.15, 0.2) is 0 Å². The van der Waals surface area contributed by atoms with Crippen LogP contribution in [0.4, 0.5) is 0 Å². The van der Waals surface area contributed by atoms with Gasteiger partial charge in [-0.05, 0) is 19.1 Å². The lowest BCUT2D eigenvalue weighted by molar-refractivity contribution is 0.298. The molecule has 1 atom stereocenters. The van der Waals surface area contributed by atoms with Crippen molar-refractivity contribution in [2.24, 2.45) is 0 Å². The molecular formula is C16H15NO. The standard InChI is InChI=1S/C16H15NO/c1-16(11-18-16)10-17-14-8-4-2-6-12(14)13-7-3-5-9-15(13)17/h2-9H,10-11H2,1H3. The molecule has 1 aliphatic heterocycles. The summed E-state index contributed by atoms with van der Waals surface area (Å²) in [6, 6.07) is 17.2. The van der Waals surface area contributed by atoms with Crippen LogP contribution in [0.25, 0.3) is 21.8 Å². The molecule has 90 valence electrons. The summed E-state index contributed by atoms with van der Waals surface area (Å²) in [5.41, 5.74) is 2.63. The Balaban J connectivity index is 2.06. The molecule has 1 aromatic heterocycles. The number of rotatable bonds is 2. The summed E-state index contributed by atoms with van der Waals surface area (Å²) in [6.07, 6.45) is 0. The fourth-order valence-corrected chi connectivity index (χ4v) is 2.72. The lowest BCUT2D eigenvalue weighted by atomic mass is 10.2. The van der Waals surface area contributed by atoms with E-state index in [-0.39, 0.29) is 5.60 Å². The number of benzene rings is 2. The number of ether oxygens (including phenoxy) is 1. The maximum Gasteiger partial charge on any atom is 0.107 e. The molecular weight excluding hydrogens is 222 g/mol. The number of aromatic nitrogens is 1. The average molecular weight is 237 g/mol. The molecule has 0 amide bonds. The van der Waals surface area contributed by atoms with Crippen molar-refractivity contribution in [1.29, 1.82) is 0 Å². The normalized spacial score (nSPS) is 22.7. The molecule has 1 aliphatic rings. The van der Waals surface area contributed by atoms with Crippen molar-refractivity contribution in [3.63, 3.8) is 0 Å². The summed E-state index contributed by atoms with van der Waals surface area (Å²) in [5.74, 6) is 0. The molecule has 2 heteroatoms. The molecule has 2 aromatic carbocycles. The maximum atomic E-state index is 5.55. The van der Waals surface area contributed by atoms with Crippen molar-refractivity contribution >= 4 is 21.8 Å². The Morgan fingerprint density at radius 3 is 2.00 bits per heavy atom. The second kappa shape index (κ2) is 3.36. The topological polar surface area (TPSA) is 17.5 Å². The monoisotopic (exact) mass is 237 g/mol. The van der Waals surface area contributed by atoms with Crippen LogP contribution in [0, 0.1) is 0 Å². The summed E-state index contributed by atoms with van der Waals surface area (Å²) in [4.78, 5) is 0. The molecule has 0 radical (unpaired) electrons. The zero-order chi connectivity index (χ0) is 12.2. The minimum atomic E-state index is 0.0323. The highest BCUT2D eigenvalue weighted by atomic mass is 16.6. The fraction of sp³-hybridized carbons (Fsp3) is 0.250. The first kappa shape index (κ1) is 10.2. The van der Waals surface area contributed by atoms with E-state index in [0.717, 1.165) is 13.2 Å². The summed E-state index contributed by atoms with van der Waals surface area (Å²) in [5, 5.41) is 2.66. The van der Waals surface area contributed by atoms with Gasteiger partial charge in [0, 0.05) is 21.8 Å². The zero-order valence-electron chi connectivity index (χ0n) is 10.4. The first-order chi connectivity index (χ1) is 8.77. The third-order valence-electron chi connectivity index (χ3n) is 3.81. The quantitative estimate of drug-likeness (QED) is 0.623. The summed E-state index contributed by atoms with van der Waals surface area (Å²) in [7, 11) is 0. The molecule has 2 nitrogen and oxygen atoms in total. The molecule has 4 rings (SSSR count). The van der Waals surface area contributed by atoms with E-state index in [1.165, 1.54) is 21.8 Å². The van der Waals surface area contributed by atoms with Gasteiger partial charge in [0.05, 0.1) is 13.2 Å². The fourth-order valence-electron chi connectivity index (χ4n) is 2.72. The largest absolute Gasteiger partial charge is 0.368 e. The molecule has 0 spiro atoms. The van der Waals surface area contributed by atoms with Gasteiger partial charge in [-0.15, -0.1) is 0 Å². The maximum absolute atomic E-state index is 5.55. The van der Waals surface area contributed by atoms with Gasteiger partial charge in [-0.1, -0.05) is 36.4 Å². The van der Waals surface area contributed by atoms with Gasteiger partial charge in [-0.2, -0.15) is 0 Å². The van der Waals surface area contributed by atoms with Crippen LogP contribution in [-0.2, 0) is 11.3 Å². The lowest BCUT2D eigenvalue weighted by Gasteiger charge is -2.10. The van der Waals surface area contributed by atoms with Crippen molar-refractivity contribution in [2.75, 3.05) is 6.61 Å². The smallest absolute Gasteiger partial charge is 0.107 e. The third-order valence-corrected chi connectivity index (χ3v) is 3.81. The molecule has 1 fully saturated rings. The molecule has 0 saturated carbocycles. The highest BCUT2D eigenvalue weighted by molar-refractivity contribution is 6.07. The summed E-state index contributed by atoms with van der Waals surface area (Å²) in [6.45, 7) is 3.98. The zero-order valence-corrected chi connectivity index (χ0v) is 10.4. The molecule has 1 saturated heterocycles. The van der Waals surface area contributed by atoms with Gasteiger partial charge in [-0.3, -0.25) is 0 Å². The van der Waals surface area contributed by atoms with Crippen molar-refractivity contribution in [3.05, 3.63) is 48.5 Å². The van der Waals surface area contributed by atoms with Crippen LogP contribution in [0.3, 0.4) is 0 Å². The predicted molar refractivity (Wildman–Crippen MR) is 73.8 cm³/mol. The second-order valence-corrected chi connectivity index (χ2v) is 5.36. The molecule has 2 heterocycles. The van der Waals surface area contributed by atoms with Gasteiger partial charge in [0.1, 0.15) is 5.60 Å². The number of fused-ring (bicyclic) bond motifs is 3. The molecule has 0 aliphatic carbocycles. The molecule has 3 aromatic rings. The van der Waals surface area contributed by atoms with Gasteiger partial charge in [0.2, 0.25) is 0 Å². The van der Waals surface area contributed by atoms with Crippen LogP contribution < -0.4 is 0 Å². The van der Waals surface area contributed by atoms with Crippen LogP contribution in [0.5, 0.6) is 0 Å². The first-order valence-corrected chi connectivity index (χ1v) is 6.37. The number of epoxide rings is 1. The third kappa shape index (κ3) is 1.39. The van der Waals surface area contributed by atoms with Crippen LogP contribution in [0.2, 0.25) is 0 Å². The first-order valence-electron chi connectivity index (χ1n) is 6.37. The van der Waals surface area contributed by atoms with Crippen molar-refractivity contribution < 1.29 is 4.74 Å². The van der Waals surface area contributed by atoms with E-state index in [4.69, 9.17) is 4.74 Å². The minimum absolute atomic E-state index is 0.0323.